The Morgan fingerprint density at radius 1 is 1.31 bits per heavy atom. The van der Waals surface area contributed by atoms with Crippen molar-refractivity contribution in [1.29, 1.82) is 0 Å². The summed E-state index contributed by atoms with van der Waals surface area (Å²) in [6, 6.07) is 5.07. The quantitative estimate of drug-likeness (QED) is 0.706. The molecule has 0 aromatic heterocycles. The highest BCUT2D eigenvalue weighted by atomic mass is 19.1. The van der Waals surface area contributed by atoms with Crippen LogP contribution in [0.5, 0.6) is 0 Å². The number of benzene rings is 1. The van der Waals surface area contributed by atoms with Gasteiger partial charge in [0.2, 0.25) is 0 Å². The van der Waals surface area contributed by atoms with E-state index in [4.69, 9.17) is 0 Å². The van der Waals surface area contributed by atoms with E-state index in [1.54, 1.807) is 12.1 Å². The fourth-order valence-corrected chi connectivity index (χ4v) is 2.59. The van der Waals surface area contributed by atoms with Crippen LogP contribution in [0, 0.1) is 5.82 Å². The molecular weight excluding hydrogens is 203 g/mol. The van der Waals surface area contributed by atoms with Gasteiger partial charge in [0.15, 0.2) is 0 Å². The first-order valence-corrected chi connectivity index (χ1v) is 5.77. The van der Waals surface area contributed by atoms with Crippen LogP contribution < -0.4 is 10.6 Å². The first kappa shape index (κ1) is 9.85. The van der Waals surface area contributed by atoms with Crippen LogP contribution in [-0.2, 0) is 0 Å². The van der Waals surface area contributed by atoms with Crippen LogP contribution in [0.15, 0.2) is 29.8 Å². The molecule has 2 N–H and O–H groups in total. The first-order valence-electron chi connectivity index (χ1n) is 5.77. The van der Waals surface area contributed by atoms with Crippen molar-refractivity contribution < 1.29 is 4.39 Å². The number of hydrogen-bond donors (Lipinski definition) is 2. The van der Waals surface area contributed by atoms with E-state index in [9.17, 15) is 4.39 Å². The molecule has 0 radical (unpaired) electrons. The summed E-state index contributed by atoms with van der Waals surface area (Å²) in [6.07, 6.45) is 3.37. The van der Waals surface area contributed by atoms with E-state index in [0.29, 0.717) is 5.92 Å². The monoisotopic (exact) mass is 218 g/mol. The molecule has 1 unspecified atom stereocenters. The van der Waals surface area contributed by atoms with E-state index < -0.39 is 0 Å². The topological polar surface area (TPSA) is 24.1 Å². The molecule has 1 aromatic carbocycles. The van der Waals surface area contributed by atoms with Gasteiger partial charge in [0.1, 0.15) is 5.82 Å². The summed E-state index contributed by atoms with van der Waals surface area (Å²) in [6.45, 7) is 2.92. The van der Waals surface area contributed by atoms with Crippen LogP contribution in [0.2, 0.25) is 0 Å². The molecule has 0 spiro atoms. The minimum absolute atomic E-state index is 0.161. The predicted octanol–water partition coefficient (Wildman–Crippen LogP) is 2.25. The summed E-state index contributed by atoms with van der Waals surface area (Å²) in [5.41, 5.74) is 3.69. The lowest BCUT2D eigenvalue weighted by Crippen LogP contribution is -2.23. The number of rotatable bonds is 1. The summed E-state index contributed by atoms with van der Waals surface area (Å²) >= 11 is 0. The van der Waals surface area contributed by atoms with Gasteiger partial charge in [0, 0.05) is 24.7 Å². The minimum Gasteiger partial charge on any atom is -0.384 e. The van der Waals surface area contributed by atoms with Gasteiger partial charge < -0.3 is 10.6 Å². The van der Waals surface area contributed by atoms with Crippen molar-refractivity contribution in [3.05, 3.63) is 41.2 Å². The van der Waals surface area contributed by atoms with Crippen molar-refractivity contribution in [2.75, 3.05) is 25.0 Å². The first-order chi connectivity index (χ1) is 7.84. The number of hydrogen-bond acceptors (Lipinski definition) is 2. The molecule has 1 aromatic rings. The van der Waals surface area contributed by atoms with Gasteiger partial charge >= 0.3 is 0 Å². The maximum atomic E-state index is 13.1. The Hall–Kier alpha value is -1.35. The molecule has 84 valence electrons. The van der Waals surface area contributed by atoms with Crippen LogP contribution >= 0.6 is 0 Å². The molecule has 0 aliphatic carbocycles. The Morgan fingerprint density at radius 2 is 2.25 bits per heavy atom. The predicted molar refractivity (Wildman–Crippen MR) is 63.2 cm³/mol. The Morgan fingerprint density at radius 3 is 3.06 bits per heavy atom. The Balaban J connectivity index is 1.93. The van der Waals surface area contributed by atoms with Gasteiger partial charge in [0.05, 0.1) is 0 Å². The van der Waals surface area contributed by atoms with Gasteiger partial charge in [0.25, 0.3) is 0 Å². The summed E-state index contributed by atoms with van der Waals surface area (Å²) in [4.78, 5) is 0. The smallest absolute Gasteiger partial charge is 0.125 e. The minimum atomic E-state index is -0.161. The highest BCUT2D eigenvalue weighted by Crippen LogP contribution is 2.37. The van der Waals surface area contributed by atoms with Crippen molar-refractivity contribution in [1.82, 2.24) is 5.32 Å². The molecule has 2 aliphatic rings. The van der Waals surface area contributed by atoms with E-state index >= 15 is 0 Å². The standard InChI is InChI=1S/C13H15FN2/c14-10-1-2-11-12(8-16-13(11)7-10)9-3-5-15-6-4-9/h1-3,7,12,15-16H,4-6,8H2. The molecule has 1 atom stereocenters. The molecule has 2 heterocycles. The maximum Gasteiger partial charge on any atom is 0.125 e. The molecule has 16 heavy (non-hydrogen) atoms. The van der Waals surface area contributed by atoms with E-state index in [2.05, 4.69) is 16.7 Å². The van der Waals surface area contributed by atoms with Crippen LogP contribution in [0.25, 0.3) is 0 Å². The lowest BCUT2D eigenvalue weighted by atomic mass is 9.89. The van der Waals surface area contributed by atoms with Crippen molar-refractivity contribution in [2.24, 2.45) is 0 Å². The van der Waals surface area contributed by atoms with E-state index in [-0.39, 0.29) is 5.82 Å². The number of anilines is 1. The van der Waals surface area contributed by atoms with Gasteiger partial charge in [-0.25, -0.2) is 4.39 Å². The summed E-state index contributed by atoms with van der Waals surface area (Å²) < 4.78 is 13.1. The average molecular weight is 218 g/mol. The molecule has 2 aliphatic heterocycles. The van der Waals surface area contributed by atoms with E-state index in [1.165, 1.54) is 11.1 Å². The molecule has 3 heteroatoms. The Kier molecular flexibility index (Phi) is 2.40. The lowest BCUT2D eigenvalue weighted by Gasteiger charge is -2.19. The zero-order valence-electron chi connectivity index (χ0n) is 9.09. The molecule has 0 fully saturated rings. The van der Waals surface area contributed by atoms with Gasteiger partial charge in [-0.05, 0) is 30.7 Å². The van der Waals surface area contributed by atoms with Crippen LogP contribution in [-0.4, -0.2) is 19.6 Å². The van der Waals surface area contributed by atoms with Crippen molar-refractivity contribution in [3.63, 3.8) is 0 Å². The van der Waals surface area contributed by atoms with E-state index in [1.807, 2.05) is 6.07 Å². The third kappa shape index (κ3) is 1.61. The second-order valence-corrected chi connectivity index (χ2v) is 4.40. The normalized spacial score (nSPS) is 23.6. The molecule has 0 saturated carbocycles. The highest BCUT2D eigenvalue weighted by molar-refractivity contribution is 5.60. The Labute approximate surface area is 94.5 Å². The molecule has 0 bridgehead atoms. The van der Waals surface area contributed by atoms with Gasteiger partial charge in [-0.15, -0.1) is 0 Å². The maximum absolute atomic E-state index is 13.1. The van der Waals surface area contributed by atoms with Crippen molar-refractivity contribution in [3.8, 4) is 0 Å². The SMILES string of the molecule is Fc1ccc2c(c1)NCC2C1=CCNCC1. The van der Waals surface area contributed by atoms with Crippen molar-refractivity contribution in [2.45, 2.75) is 12.3 Å². The molecule has 3 rings (SSSR count). The summed E-state index contributed by atoms with van der Waals surface area (Å²) in [5.74, 6) is 0.281. The summed E-state index contributed by atoms with van der Waals surface area (Å²) in [7, 11) is 0. The second-order valence-electron chi connectivity index (χ2n) is 4.40. The van der Waals surface area contributed by atoms with Gasteiger partial charge in [-0.2, -0.15) is 0 Å². The fourth-order valence-electron chi connectivity index (χ4n) is 2.59. The van der Waals surface area contributed by atoms with Crippen LogP contribution in [0.1, 0.15) is 17.9 Å². The van der Waals surface area contributed by atoms with Crippen molar-refractivity contribution >= 4 is 5.69 Å². The van der Waals surface area contributed by atoms with E-state index in [0.717, 1.165) is 31.7 Å². The lowest BCUT2D eigenvalue weighted by molar-refractivity contribution is 0.627. The fraction of sp³-hybridized carbons (Fsp3) is 0.385. The third-order valence-electron chi connectivity index (χ3n) is 3.43. The summed E-state index contributed by atoms with van der Waals surface area (Å²) in [5, 5.41) is 6.60. The number of nitrogens with one attached hydrogen (secondary N) is 2. The molecular formula is C13H15FN2. The molecule has 0 amide bonds. The average Bonchev–Trinajstić information content (AvgIpc) is 2.73. The zero-order valence-corrected chi connectivity index (χ0v) is 9.09. The largest absolute Gasteiger partial charge is 0.384 e. The van der Waals surface area contributed by atoms with Gasteiger partial charge in [-0.3, -0.25) is 0 Å². The van der Waals surface area contributed by atoms with Crippen LogP contribution in [0.4, 0.5) is 10.1 Å². The second kappa shape index (κ2) is 3.91. The highest BCUT2D eigenvalue weighted by Gasteiger charge is 2.25. The van der Waals surface area contributed by atoms with Crippen LogP contribution in [0.3, 0.4) is 0 Å². The molecule has 0 saturated heterocycles. The zero-order chi connectivity index (χ0) is 11.0. The third-order valence-corrected chi connectivity index (χ3v) is 3.43. The number of fused-ring (bicyclic) bond motifs is 1. The Bertz CT molecular complexity index is 440. The molecule has 2 nitrogen and oxygen atoms in total. The van der Waals surface area contributed by atoms with Gasteiger partial charge in [-0.1, -0.05) is 17.7 Å². The number of halogens is 1.